The van der Waals surface area contributed by atoms with Crippen molar-refractivity contribution in [3.8, 4) is 11.5 Å². The molecule has 2 rings (SSSR count). The second-order valence-electron chi connectivity index (χ2n) is 9.37. The summed E-state index contributed by atoms with van der Waals surface area (Å²) in [5, 5.41) is 1.75. The summed E-state index contributed by atoms with van der Waals surface area (Å²) in [4.78, 5) is 24.8. The van der Waals surface area contributed by atoms with Crippen LogP contribution in [0.15, 0.2) is 24.3 Å². The molecule has 2 unspecified atom stereocenters. The molecule has 0 saturated carbocycles. The quantitative estimate of drug-likeness (QED) is 0.530. The highest BCUT2D eigenvalue weighted by molar-refractivity contribution is 5.97. The number of carbonyl (C=O) groups excluding carboxylic acids is 2. The van der Waals surface area contributed by atoms with Crippen LogP contribution in [-0.4, -0.2) is 18.0 Å². The molecular formula is C25H36NO4+. The molecular weight excluding hydrogens is 378 g/mol. The number of ether oxygens (including phenoxy) is 2. The Balaban J connectivity index is 2.69. The van der Waals surface area contributed by atoms with E-state index in [4.69, 9.17) is 9.47 Å². The summed E-state index contributed by atoms with van der Waals surface area (Å²) in [5.74, 6) is -0.0859. The average molecular weight is 415 g/mol. The van der Waals surface area contributed by atoms with Crippen LogP contribution in [0.3, 0.4) is 0 Å². The Hall–Kier alpha value is -2.40. The largest absolute Gasteiger partial charge is 0.422 e. The number of quaternary nitrogens is 1. The third-order valence-electron chi connectivity index (χ3n) is 5.72. The highest BCUT2D eigenvalue weighted by atomic mass is 16.6. The highest BCUT2D eigenvalue weighted by Crippen LogP contribution is 2.43. The summed E-state index contributed by atoms with van der Waals surface area (Å²) >= 11 is 0. The van der Waals surface area contributed by atoms with Gasteiger partial charge in [0.25, 0.3) is 0 Å². The zero-order valence-electron chi connectivity index (χ0n) is 19.4. The van der Waals surface area contributed by atoms with E-state index in [2.05, 4.69) is 26.5 Å². The van der Waals surface area contributed by atoms with E-state index in [0.29, 0.717) is 17.9 Å². The molecule has 164 valence electrons. The first kappa shape index (κ1) is 23.9. The lowest BCUT2D eigenvalue weighted by Crippen LogP contribution is -2.68. The predicted octanol–water partition coefficient (Wildman–Crippen LogP) is 4.61. The number of rotatable bonds is 7. The predicted molar refractivity (Wildman–Crippen MR) is 120 cm³/mol. The van der Waals surface area contributed by atoms with E-state index in [0.717, 1.165) is 34.7 Å². The highest BCUT2D eigenvalue weighted by Gasteiger charge is 2.29. The number of hydrogen-bond acceptors (Lipinski definition) is 4. The number of hydrogen-bond donors (Lipinski definition) is 1. The molecule has 5 nitrogen and oxygen atoms in total. The summed E-state index contributed by atoms with van der Waals surface area (Å²) in [5.41, 5.74) is 6.06. The van der Waals surface area contributed by atoms with Gasteiger partial charge in [-0.15, -0.1) is 0 Å². The number of fused-ring (bicyclic) bond motifs is 1. The Morgan fingerprint density at radius 3 is 2.20 bits per heavy atom. The molecule has 0 bridgehead atoms. The van der Waals surface area contributed by atoms with Crippen LogP contribution in [0.25, 0.3) is 10.8 Å². The standard InChI is InChI=1S/C25H35NO4/c1-8-15(2)21(26)24(28)30-23-20-12-10-9-11-18(20)16(3)19(13-14-25(5,6)7)22(23)29-17(4)27/h9-12,15,21H,8,13-14,26H2,1-7H3/p+1. The number of esters is 2. The third kappa shape index (κ3) is 5.60. The van der Waals surface area contributed by atoms with E-state index in [1.807, 2.05) is 45.0 Å². The molecule has 2 aromatic rings. The molecule has 0 radical (unpaired) electrons. The van der Waals surface area contributed by atoms with Crippen molar-refractivity contribution in [3.63, 3.8) is 0 Å². The molecule has 5 heteroatoms. The molecule has 0 aliphatic heterocycles. The van der Waals surface area contributed by atoms with Gasteiger partial charge in [-0.3, -0.25) is 4.79 Å². The molecule has 0 aromatic heterocycles. The van der Waals surface area contributed by atoms with Crippen molar-refractivity contribution in [3.05, 3.63) is 35.4 Å². The van der Waals surface area contributed by atoms with Gasteiger partial charge in [-0.05, 0) is 42.6 Å². The topological polar surface area (TPSA) is 80.2 Å². The molecule has 0 spiro atoms. The van der Waals surface area contributed by atoms with Gasteiger partial charge in [0.15, 0.2) is 17.5 Å². The van der Waals surface area contributed by atoms with Crippen LogP contribution in [-0.2, 0) is 16.0 Å². The number of aryl methyl sites for hydroxylation is 1. The van der Waals surface area contributed by atoms with Crippen molar-refractivity contribution in [1.82, 2.24) is 0 Å². The summed E-state index contributed by atoms with van der Waals surface area (Å²) < 4.78 is 11.6. The minimum Gasteiger partial charge on any atom is -0.422 e. The fourth-order valence-corrected chi connectivity index (χ4v) is 3.45. The van der Waals surface area contributed by atoms with Crippen LogP contribution in [0.1, 0.15) is 65.5 Å². The Morgan fingerprint density at radius 2 is 1.67 bits per heavy atom. The first-order valence-corrected chi connectivity index (χ1v) is 10.7. The summed E-state index contributed by atoms with van der Waals surface area (Å²) in [6.07, 6.45) is 2.44. The molecule has 30 heavy (non-hydrogen) atoms. The Labute approximate surface area is 179 Å². The summed E-state index contributed by atoms with van der Waals surface area (Å²) in [6.45, 7) is 13.9. The Morgan fingerprint density at radius 1 is 1.07 bits per heavy atom. The molecule has 0 aliphatic carbocycles. The number of benzene rings is 2. The van der Waals surface area contributed by atoms with Gasteiger partial charge in [0.2, 0.25) is 0 Å². The zero-order chi connectivity index (χ0) is 22.6. The van der Waals surface area contributed by atoms with Gasteiger partial charge in [0, 0.05) is 23.8 Å². The van der Waals surface area contributed by atoms with Crippen molar-refractivity contribution in [2.75, 3.05) is 0 Å². The molecule has 0 heterocycles. The summed E-state index contributed by atoms with van der Waals surface area (Å²) in [6, 6.07) is 7.26. The first-order chi connectivity index (χ1) is 14.0. The fourth-order valence-electron chi connectivity index (χ4n) is 3.45. The smallest absolute Gasteiger partial charge is 0.370 e. The van der Waals surface area contributed by atoms with Crippen molar-refractivity contribution in [1.29, 1.82) is 0 Å². The number of carbonyl (C=O) groups is 2. The van der Waals surface area contributed by atoms with Crippen molar-refractivity contribution >= 4 is 22.7 Å². The zero-order valence-corrected chi connectivity index (χ0v) is 19.4. The molecule has 0 fully saturated rings. The van der Waals surface area contributed by atoms with Gasteiger partial charge in [-0.1, -0.05) is 58.9 Å². The molecule has 2 atom stereocenters. The van der Waals surface area contributed by atoms with E-state index in [1.165, 1.54) is 6.92 Å². The van der Waals surface area contributed by atoms with Gasteiger partial charge in [0.1, 0.15) is 0 Å². The van der Waals surface area contributed by atoms with Gasteiger partial charge in [0.05, 0.1) is 0 Å². The second kappa shape index (κ2) is 9.61. The van der Waals surface area contributed by atoms with E-state index >= 15 is 0 Å². The minimum atomic E-state index is -0.502. The van der Waals surface area contributed by atoms with Gasteiger partial charge in [-0.25, -0.2) is 4.79 Å². The minimum absolute atomic E-state index is 0.0896. The van der Waals surface area contributed by atoms with Gasteiger partial charge >= 0.3 is 11.9 Å². The fraction of sp³-hybridized carbons (Fsp3) is 0.520. The van der Waals surface area contributed by atoms with Crippen LogP contribution in [0.5, 0.6) is 11.5 Å². The van der Waals surface area contributed by atoms with E-state index < -0.39 is 18.0 Å². The van der Waals surface area contributed by atoms with Crippen LogP contribution < -0.4 is 15.2 Å². The van der Waals surface area contributed by atoms with Crippen LogP contribution in [0.2, 0.25) is 0 Å². The lowest BCUT2D eigenvalue weighted by Gasteiger charge is -2.23. The lowest BCUT2D eigenvalue weighted by molar-refractivity contribution is -0.418. The monoisotopic (exact) mass is 414 g/mol. The van der Waals surface area contributed by atoms with E-state index in [9.17, 15) is 9.59 Å². The maximum Gasteiger partial charge on any atom is 0.370 e. The van der Waals surface area contributed by atoms with Crippen LogP contribution in [0, 0.1) is 18.3 Å². The molecule has 2 aromatic carbocycles. The molecule has 0 aliphatic rings. The van der Waals surface area contributed by atoms with Crippen molar-refractivity contribution in [2.45, 2.75) is 73.8 Å². The van der Waals surface area contributed by atoms with Crippen LogP contribution in [0.4, 0.5) is 0 Å². The van der Waals surface area contributed by atoms with Crippen molar-refractivity contribution < 1.29 is 24.8 Å². The molecule has 0 amide bonds. The van der Waals surface area contributed by atoms with E-state index in [-0.39, 0.29) is 11.3 Å². The van der Waals surface area contributed by atoms with Crippen molar-refractivity contribution in [2.24, 2.45) is 11.3 Å². The first-order valence-electron chi connectivity index (χ1n) is 10.7. The SMILES string of the molecule is CCC(C)C([NH3+])C(=O)Oc1c(OC(C)=O)c(CCC(C)(C)C)c(C)c2ccccc12. The second-order valence-corrected chi connectivity index (χ2v) is 9.37. The van der Waals surface area contributed by atoms with Gasteiger partial charge in [-0.2, -0.15) is 0 Å². The normalized spacial score (nSPS) is 13.7. The van der Waals surface area contributed by atoms with Crippen LogP contribution >= 0.6 is 0 Å². The average Bonchev–Trinajstić information content (AvgIpc) is 2.68. The molecule has 3 N–H and O–H groups in total. The lowest BCUT2D eigenvalue weighted by atomic mass is 9.86. The Kier molecular flexibility index (Phi) is 7.64. The Bertz CT molecular complexity index is 927. The van der Waals surface area contributed by atoms with Gasteiger partial charge < -0.3 is 15.2 Å². The van der Waals surface area contributed by atoms with E-state index in [1.54, 1.807) is 0 Å². The third-order valence-corrected chi connectivity index (χ3v) is 5.72. The maximum absolute atomic E-state index is 12.9. The summed E-state index contributed by atoms with van der Waals surface area (Å²) in [7, 11) is 0. The molecule has 0 saturated heterocycles. The maximum atomic E-state index is 12.9.